The summed E-state index contributed by atoms with van der Waals surface area (Å²) in [4.78, 5) is 11.1. The van der Waals surface area contributed by atoms with Gasteiger partial charge >= 0.3 is 5.97 Å². The number of ether oxygens (including phenoxy) is 1. The molecule has 0 saturated heterocycles. The van der Waals surface area contributed by atoms with Crippen LogP contribution in [0.25, 0.3) is 0 Å². The van der Waals surface area contributed by atoms with E-state index in [9.17, 15) is 4.79 Å². The number of methoxy groups -OCH3 is 1. The van der Waals surface area contributed by atoms with Crippen molar-refractivity contribution in [2.75, 3.05) is 7.11 Å². The molecule has 1 atom stereocenters. The molecule has 0 saturated carbocycles. The predicted molar refractivity (Wildman–Crippen MR) is 47.1 cm³/mol. The van der Waals surface area contributed by atoms with Crippen LogP contribution in [0, 0.1) is 13.8 Å². The topological polar surface area (TPSA) is 65.5 Å². The Morgan fingerprint density at radius 2 is 2.23 bits per heavy atom. The second-order valence-corrected chi connectivity index (χ2v) is 2.87. The molecule has 1 aromatic heterocycles. The lowest BCUT2D eigenvalue weighted by Crippen LogP contribution is -2.22. The van der Waals surface area contributed by atoms with E-state index in [4.69, 9.17) is 10.2 Å². The van der Waals surface area contributed by atoms with Crippen molar-refractivity contribution in [1.82, 2.24) is 0 Å². The zero-order valence-electron chi connectivity index (χ0n) is 7.96. The van der Waals surface area contributed by atoms with Gasteiger partial charge < -0.3 is 14.9 Å². The van der Waals surface area contributed by atoms with Crippen LogP contribution in [0.15, 0.2) is 10.5 Å². The van der Waals surface area contributed by atoms with Gasteiger partial charge in [-0.25, -0.2) is 0 Å². The summed E-state index contributed by atoms with van der Waals surface area (Å²) in [5.41, 5.74) is 6.31. The molecule has 2 N–H and O–H groups in total. The fraction of sp³-hybridized carbons (Fsp3) is 0.444. The lowest BCUT2D eigenvalue weighted by atomic mass is 10.1. The van der Waals surface area contributed by atoms with Gasteiger partial charge in [-0.15, -0.1) is 0 Å². The van der Waals surface area contributed by atoms with Gasteiger partial charge in [-0.2, -0.15) is 0 Å². The van der Waals surface area contributed by atoms with Gasteiger partial charge in [-0.1, -0.05) is 0 Å². The molecule has 13 heavy (non-hydrogen) atoms. The number of aryl methyl sites for hydroxylation is 2. The highest BCUT2D eigenvalue weighted by Crippen LogP contribution is 2.20. The van der Waals surface area contributed by atoms with Gasteiger partial charge in [0, 0.05) is 5.56 Å². The molecule has 0 fully saturated rings. The van der Waals surface area contributed by atoms with Crippen LogP contribution in [0.3, 0.4) is 0 Å². The third-order valence-corrected chi connectivity index (χ3v) is 1.87. The number of esters is 1. The molecular formula is C9H13NO3. The van der Waals surface area contributed by atoms with Crippen molar-refractivity contribution in [3.05, 3.63) is 23.2 Å². The molecule has 0 radical (unpaired) electrons. The normalized spacial score (nSPS) is 12.6. The van der Waals surface area contributed by atoms with Crippen LogP contribution < -0.4 is 5.73 Å². The number of hydrogen-bond acceptors (Lipinski definition) is 4. The highest BCUT2D eigenvalue weighted by molar-refractivity contribution is 5.77. The lowest BCUT2D eigenvalue weighted by Gasteiger charge is -2.06. The van der Waals surface area contributed by atoms with Crippen LogP contribution in [-0.2, 0) is 9.53 Å². The SMILES string of the molecule is COC(=O)C(N)c1cc(C)oc1C. The van der Waals surface area contributed by atoms with Crippen LogP contribution in [0.5, 0.6) is 0 Å². The van der Waals surface area contributed by atoms with E-state index in [0.29, 0.717) is 11.3 Å². The predicted octanol–water partition coefficient (Wildman–Crippen LogP) is 1.07. The molecule has 1 heterocycles. The molecule has 72 valence electrons. The monoisotopic (exact) mass is 183 g/mol. The van der Waals surface area contributed by atoms with E-state index in [2.05, 4.69) is 4.74 Å². The summed E-state index contributed by atoms with van der Waals surface area (Å²) in [5.74, 6) is 0.950. The van der Waals surface area contributed by atoms with Gasteiger partial charge in [0.25, 0.3) is 0 Å². The maximum Gasteiger partial charge on any atom is 0.327 e. The molecule has 4 heteroatoms. The molecule has 4 nitrogen and oxygen atoms in total. The highest BCUT2D eigenvalue weighted by Gasteiger charge is 2.20. The van der Waals surface area contributed by atoms with Crippen LogP contribution in [0.4, 0.5) is 0 Å². The summed E-state index contributed by atoms with van der Waals surface area (Å²) < 4.78 is 9.77. The quantitative estimate of drug-likeness (QED) is 0.696. The van der Waals surface area contributed by atoms with E-state index >= 15 is 0 Å². The first-order chi connectivity index (χ1) is 6.06. The number of hydrogen-bond donors (Lipinski definition) is 1. The summed E-state index contributed by atoms with van der Waals surface area (Å²) in [6, 6.07) is 0.999. The van der Waals surface area contributed by atoms with Gasteiger partial charge in [0.1, 0.15) is 17.6 Å². The Morgan fingerprint density at radius 1 is 1.62 bits per heavy atom. The maximum absolute atomic E-state index is 11.1. The molecule has 0 aromatic carbocycles. The number of nitrogens with two attached hydrogens (primary N) is 1. The van der Waals surface area contributed by atoms with Gasteiger partial charge in [-0.05, 0) is 19.9 Å². The Hall–Kier alpha value is -1.29. The smallest absolute Gasteiger partial charge is 0.327 e. The fourth-order valence-corrected chi connectivity index (χ4v) is 1.21. The summed E-state index contributed by atoms with van der Waals surface area (Å²) in [7, 11) is 1.31. The molecule has 0 aliphatic carbocycles. The zero-order valence-corrected chi connectivity index (χ0v) is 7.96. The molecule has 0 aliphatic rings. The Balaban J connectivity index is 2.94. The van der Waals surface area contributed by atoms with Crippen molar-refractivity contribution in [2.45, 2.75) is 19.9 Å². The Kier molecular flexibility index (Phi) is 2.72. The Morgan fingerprint density at radius 3 is 2.62 bits per heavy atom. The molecule has 0 aliphatic heterocycles. The first-order valence-electron chi connectivity index (χ1n) is 3.96. The molecule has 1 unspecified atom stereocenters. The largest absolute Gasteiger partial charge is 0.468 e. The number of carbonyl (C=O) groups excluding carboxylic acids is 1. The second-order valence-electron chi connectivity index (χ2n) is 2.87. The minimum Gasteiger partial charge on any atom is -0.468 e. The summed E-state index contributed by atoms with van der Waals surface area (Å²) in [5, 5.41) is 0. The van der Waals surface area contributed by atoms with Crippen LogP contribution >= 0.6 is 0 Å². The number of furan rings is 1. The molecule has 0 spiro atoms. The van der Waals surface area contributed by atoms with E-state index in [1.165, 1.54) is 7.11 Å². The van der Waals surface area contributed by atoms with Crippen molar-refractivity contribution >= 4 is 5.97 Å². The average Bonchev–Trinajstić information content (AvgIpc) is 2.42. The van der Waals surface area contributed by atoms with Crippen LogP contribution in [-0.4, -0.2) is 13.1 Å². The Labute approximate surface area is 76.7 Å². The molecule has 1 rings (SSSR count). The van der Waals surface area contributed by atoms with Crippen molar-refractivity contribution in [1.29, 1.82) is 0 Å². The lowest BCUT2D eigenvalue weighted by molar-refractivity contribution is -0.142. The first kappa shape index (κ1) is 9.80. The third kappa shape index (κ3) is 1.89. The maximum atomic E-state index is 11.1. The van der Waals surface area contributed by atoms with E-state index in [0.717, 1.165) is 5.76 Å². The molecule has 0 amide bonds. The zero-order chi connectivity index (χ0) is 10.0. The van der Waals surface area contributed by atoms with Gasteiger partial charge in [0.15, 0.2) is 0 Å². The summed E-state index contributed by atoms with van der Waals surface area (Å²) in [6.07, 6.45) is 0. The second kappa shape index (κ2) is 3.62. The minimum atomic E-state index is -0.748. The van der Waals surface area contributed by atoms with E-state index in [1.54, 1.807) is 19.9 Å². The standard InChI is InChI=1S/C9H13NO3/c1-5-4-7(6(2)13-5)8(10)9(11)12-3/h4,8H,10H2,1-3H3. The van der Waals surface area contributed by atoms with Crippen molar-refractivity contribution < 1.29 is 13.9 Å². The summed E-state index contributed by atoms with van der Waals surface area (Å²) >= 11 is 0. The minimum absolute atomic E-state index is 0.455. The van der Waals surface area contributed by atoms with Gasteiger partial charge in [0.2, 0.25) is 0 Å². The van der Waals surface area contributed by atoms with Crippen molar-refractivity contribution in [3.63, 3.8) is 0 Å². The van der Waals surface area contributed by atoms with E-state index < -0.39 is 12.0 Å². The number of rotatable bonds is 2. The Bertz CT molecular complexity index is 317. The van der Waals surface area contributed by atoms with E-state index in [1.807, 2.05) is 0 Å². The van der Waals surface area contributed by atoms with Crippen molar-refractivity contribution in [3.8, 4) is 0 Å². The molecule has 0 bridgehead atoms. The first-order valence-corrected chi connectivity index (χ1v) is 3.96. The fourth-order valence-electron chi connectivity index (χ4n) is 1.21. The molecular weight excluding hydrogens is 170 g/mol. The van der Waals surface area contributed by atoms with Gasteiger partial charge in [-0.3, -0.25) is 4.79 Å². The van der Waals surface area contributed by atoms with E-state index in [-0.39, 0.29) is 0 Å². The highest BCUT2D eigenvalue weighted by atomic mass is 16.5. The van der Waals surface area contributed by atoms with Crippen LogP contribution in [0.1, 0.15) is 23.1 Å². The summed E-state index contributed by atoms with van der Waals surface area (Å²) in [6.45, 7) is 3.58. The van der Waals surface area contributed by atoms with Crippen LogP contribution in [0.2, 0.25) is 0 Å². The average molecular weight is 183 g/mol. The van der Waals surface area contributed by atoms with Crippen molar-refractivity contribution in [2.24, 2.45) is 5.73 Å². The van der Waals surface area contributed by atoms with Gasteiger partial charge in [0.05, 0.1) is 7.11 Å². The third-order valence-electron chi connectivity index (χ3n) is 1.87. The number of carbonyl (C=O) groups is 1. The molecule has 1 aromatic rings.